The molecule has 25 heavy (non-hydrogen) atoms. The molecule has 136 valence electrons. The molecule has 0 bridgehead atoms. The normalized spacial score (nSPS) is 17.4. The van der Waals surface area contributed by atoms with Crippen LogP contribution in [0.4, 0.5) is 0 Å². The van der Waals surface area contributed by atoms with Gasteiger partial charge in [-0.05, 0) is 36.6 Å². The lowest BCUT2D eigenvalue weighted by Crippen LogP contribution is -2.37. The van der Waals surface area contributed by atoms with E-state index in [1.165, 1.54) is 19.3 Å². The standard InChI is InChI=1S/C19H24Cl2N2O2/c20-15-9-14-8-13(12-25-19(14)17(21)10-15)11-22-7-6-18(24)23-16-4-2-1-3-5-16/h8-10,16,22H,1-7,11-12H2,(H,23,24). The van der Waals surface area contributed by atoms with Gasteiger partial charge in [-0.2, -0.15) is 0 Å². The molecule has 1 saturated carbocycles. The summed E-state index contributed by atoms with van der Waals surface area (Å²) in [6, 6.07) is 3.91. The Kier molecular flexibility index (Phi) is 6.63. The molecular formula is C19H24Cl2N2O2. The van der Waals surface area contributed by atoms with Gasteiger partial charge in [-0.25, -0.2) is 0 Å². The minimum atomic E-state index is 0.136. The molecule has 0 aromatic heterocycles. The van der Waals surface area contributed by atoms with Crippen LogP contribution in [0.3, 0.4) is 0 Å². The van der Waals surface area contributed by atoms with Crippen molar-refractivity contribution in [2.45, 2.75) is 44.6 Å². The fourth-order valence-electron chi connectivity index (χ4n) is 3.37. The Morgan fingerprint density at radius 3 is 2.80 bits per heavy atom. The number of benzene rings is 1. The fraction of sp³-hybridized carbons (Fsp3) is 0.526. The smallest absolute Gasteiger partial charge is 0.221 e. The molecule has 3 rings (SSSR count). The first-order chi connectivity index (χ1) is 12.1. The van der Waals surface area contributed by atoms with Crippen LogP contribution in [0.5, 0.6) is 5.75 Å². The zero-order valence-electron chi connectivity index (χ0n) is 14.2. The molecule has 0 atom stereocenters. The van der Waals surface area contributed by atoms with Crippen LogP contribution in [0.2, 0.25) is 10.0 Å². The van der Waals surface area contributed by atoms with Crippen molar-refractivity contribution < 1.29 is 9.53 Å². The predicted molar refractivity (Wildman–Crippen MR) is 102 cm³/mol. The van der Waals surface area contributed by atoms with Gasteiger partial charge in [0, 0.05) is 36.1 Å². The Hall–Kier alpha value is -1.23. The van der Waals surface area contributed by atoms with Gasteiger partial charge in [0.1, 0.15) is 12.4 Å². The summed E-state index contributed by atoms with van der Waals surface area (Å²) in [5, 5.41) is 7.57. The van der Waals surface area contributed by atoms with Crippen molar-refractivity contribution in [1.82, 2.24) is 10.6 Å². The zero-order chi connectivity index (χ0) is 17.6. The molecule has 1 aliphatic carbocycles. The summed E-state index contributed by atoms with van der Waals surface area (Å²) in [6.07, 6.45) is 8.54. The maximum Gasteiger partial charge on any atom is 0.221 e. The van der Waals surface area contributed by atoms with E-state index in [9.17, 15) is 4.79 Å². The first-order valence-corrected chi connectivity index (χ1v) is 9.69. The van der Waals surface area contributed by atoms with Crippen molar-refractivity contribution in [3.8, 4) is 5.75 Å². The van der Waals surface area contributed by atoms with Crippen LogP contribution < -0.4 is 15.4 Å². The number of amides is 1. The van der Waals surface area contributed by atoms with Crippen LogP contribution in [0.1, 0.15) is 44.1 Å². The van der Waals surface area contributed by atoms with Crippen LogP contribution in [0.25, 0.3) is 6.08 Å². The van der Waals surface area contributed by atoms with E-state index in [0.29, 0.717) is 48.0 Å². The Balaban J connectivity index is 1.41. The average molecular weight is 383 g/mol. The Morgan fingerprint density at radius 1 is 1.20 bits per heavy atom. The summed E-state index contributed by atoms with van der Waals surface area (Å²) < 4.78 is 5.72. The number of ether oxygens (including phenoxy) is 1. The predicted octanol–water partition coefficient (Wildman–Crippen LogP) is 4.20. The minimum absolute atomic E-state index is 0.136. The highest BCUT2D eigenvalue weighted by molar-refractivity contribution is 6.36. The number of rotatable bonds is 6. The number of halogens is 2. The molecule has 1 aromatic carbocycles. The zero-order valence-corrected chi connectivity index (χ0v) is 15.8. The number of carbonyl (C=O) groups excluding carboxylic acids is 1. The number of fused-ring (bicyclic) bond motifs is 1. The van der Waals surface area contributed by atoms with E-state index in [-0.39, 0.29) is 5.91 Å². The van der Waals surface area contributed by atoms with Gasteiger partial charge < -0.3 is 15.4 Å². The van der Waals surface area contributed by atoms with E-state index < -0.39 is 0 Å². The number of carbonyl (C=O) groups is 1. The van der Waals surface area contributed by atoms with Crippen LogP contribution >= 0.6 is 23.2 Å². The number of nitrogens with one attached hydrogen (secondary N) is 2. The summed E-state index contributed by atoms with van der Waals surface area (Å²) >= 11 is 12.2. The van der Waals surface area contributed by atoms with Crippen molar-refractivity contribution in [1.29, 1.82) is 0 Å². The van der Waals surface area contributed by atoms with E-state index in [4.69, 9.17) is 27.9 Å². The molecule has 1 heterocycles. The SMILES string of the molecule is O=C(CCNCC1=Cc2cc(Cl)cc(Cl)c2OC1)NC1CCCCC1. The van der Waals surface area contributed by atoms with Crippen LogP contribution in [-0.2, 0) is 4.79 Å². The summed E-state index contributed by atoms with van der Waals surface area (Å²) in [5.74, 6) is 0.818. The van der Waals surface area contributed by atoms with Crippen LogP contribution in [0, 0.1) is 0 Å². The maximum atomic E-state index is 12.0. The van der Waals surface area contributed by atoms with Gasteiger partial charge in [0.15, 0.2) is 0 Å². The Bertz CT molecular complexity index is 655. The Morgan fingerprint density at radius 2 is 2.00 bits per heavy atom. The average Bonchev–Trinajstić information content (AvgIpc) is 2.59. The van der Waals surface area contributed by atoms with Gasteiger partial charge in [0.25, 0.3) is 0 Å². The van der Waals surface area contributed by atoms with Crippen molar-refractivity contribution in [3.05, 3.63) is 33.3 Å². The monoisotopic (exact) mass is 382 g/mol. The summed E-state index contributed by atoms with van der Waals surface area (Å²) in [4.78, 5) is 12.0. The second-order valence-electron chi connectivity index (χ2n) is 6.73. The lowest BCUT2D eigenvalue weighted by Gasteiger charge is -2.23. The lowest BCUT2D eigenvalue weighted by atomic mass is 9.95. The van der Waals surface area contributed by atoms with Crippen molar-refractivity contribution in [3.63, 3.8) is 0 Å². The third-order valence-electron chi connectivity index (χ3n) is 4.65. The van der Waals surface area contributed by atoms with Gasteiger partial charge in [-0.1, -0.05) is 42.5 Å². The molecule has 4 nitrogen and oxygen atoms in total. The number of hydrogen-bond acceptors (Lipinski definition) is 3. The van der Waals surface area contributed by atoms with Gasteiger partial charge in [-0.15, -0.1) is 0 Å². The van der Waals surface area contributed by atoms with Crippen molar-refractivity contribution in [2.24, 2.45) is 0 Å². The highest BCUT2D eigenvalue weighted by atomic mass is 35.5. The van der Waals surface area contributed by atoms with Crippen LogP contribution in [0.15, 0.2) is 17.7 Å². The van der Waals surface area contributed by atoms with Crippen molar-refractivity contribution in [2.75, 3.05) is 19.7 Å². The molecule has 6 heteroatoms. The molecule has 0 radical (unpaired) electrons. The fourth-order valence-corrected chi connectivity index (χ4v) is 3.93. The molecule has 1 aliphatic heterocycles. The lowest BCUT2D eigenvalue weighted by molar-refractivity contribution is -0.121. The van der Waals surface area contributed by atoms with Gasteiger partial charge in [-0.3, -0.25) is 4.79 Å². The number of hydrogen-bond donors (Lipinski definition) is 2. The molecule has 1 aromatic rings. The first kappa shape index (κ1) is 18.6. The molecule has 1 amide bonds. The minimum Gasteiger partial charge on any atom is -0.487 e. The van der Waals surface area contributed by atoms with Crippen molar-refractivity contribution >= 4 is 35.2 Å². The van der Waals surface area contributed by atoms with Crippen LogP contribution in [-0.4, -0.2) is 31.6 Å². The molecule has 1 fully saturated rings. The van der Waals surface area contributed by atoms with Gasteiger partial charge in [0.2, 0.25) is 5.91 Å². The summed E-state index contributed by atoms with van der Waals surface area (Å²) in [7, 11) is 0. The maximum absolute atomic E-state index is 12.0. The molecular weight excluding hydrogens is 359 g/mol. The third kappa shape index (κ3) is 5.37. The second kappa shape index (κ2) is 8.93. The third-order valence-corrected chi connectivity index (χ3v) is 5.15. The van der Waals surface area contributed by atoms with E-state index in [1.54, 1.807) is 6.07 Å². The summed E-state index contributed by atoms with van der Waals surface area (Å²) in [5.41, 5.74) is 2.01. The van der Waals surface area contributed by atoms with E-state index in [1.807, 2.05) is 12.1 Å². The molecule has 0 saturated heterocycles. The molecule has 0 unspecified atom stereocenters. The quantitative estimate of drug-likeness (QED) is 0.724. The molecule has 0 spiro atoms. The molecule has 2 N–H and O–H groups in total. The highest BCUT2D eigenvalue weighted by Crippen LogP contribution is 2.36. The van der Waals surface area contributed by atoms with E-state index in [2.05, 4.69) is 10.6 Å². The second-order valence-corrected chi connectivity index (χ2v) is 7.57. The van der Waals surface area contributed by atoms with Gasteiger partial charge >= 0.3 is 0 Å². The largest absolute Gasteiger partial charge is 0.487 e. The van der Waals surface area contributed by atoms with E-state index >= 15 is 0 Å². The first-order valence-electron chi connectivity index (χ1n) is 8.93. The highest BCUT2D eigenvalue weighted by Gasteiger charge is 2.17. The van der Waals surface area contributed by atoms with E-state index in [0.717, 1.165) is 24.0 Å². The topological polar surface area (TPSA) is 50.4 Å². The summed E-state index contributed by atoms with van der Waals surface area (Å²) in [6.45, 7) is 1.83. The Labute approximate surface area is 158 Å². The van der Waals surface area contributed by atoms with Gasteiger partial charge in [0.05, 0.1) is 5.02 Å². The molecule has 2 aliphatic rings.